The number of hydrogen-bond acceptors (Lipinski definition) is 4. The number of aromatic nitrogens is 3. The fraction of sp³-hybridized carbons (Fsp3) is 0.727. The second-order valence-corrected chi connectivity index (χ2v) is 4.44. The third-order valence-corrected chi connectivity index (χ3v) is 2.69. The summed E-state index contributed by atoms with van der Waals surface area (Å²) in [6.45, 7) is 6.78. The average Bonchev–Trinajstić information content (AvgIpc) is 2.73. The number of hydrogen-bond donors (Lipinski definition) is 2. The lowest BCUT2D eigenvalue weighted by Gasteiger charge is -2.20. The van der Waals surface area contributed by atoms with Crippen LogP contribution < -0.4 is 11.1 Å². The van der Waals surface area contributed by atoms with E-state index >= 15 is 0 Å². The molecule has 0 aliphatic heterocycles. The highest BCUT2D eigenvalue weighted by atomic mass is 16.2. The summed E-state index contributed by atoms with van der Waals surface area (Å²) in [4.78, 5) is 11.8. The maximum Gasteiger partial charge on any atom is 0.242 e. The van der Waals surface area contributed by atoms with Gasteiger partial charge in [0, 0.05) is 12.6 Å². The largest absolute Gasteiger partial charge is 0.352 e. The van der Waals surface area contributed by atoms with Crippen LogP contribution in [0.4, 0.5) is 0 Å². The van der Waals surface area contributed by atoms with Crippen LogP contribution in [-0.4, -0.2) is 26.9 Å². The third-order valence-electron chi connectivity index (χ3n) is 2.69. The van der Waals surface area contributed by atoms with E-state index in [0.717, 1.165) is 6.42 Å². The number of nitrogens with zero attached hydrogens (tertiary/aromatic N) is 3. The first-order chi connectivity index (χ1) is 8.06. The quantitative estimate of drug-likeness (QED) is 0.747. The molecule has 0 aliphatic rings. The zero-order chi connectivity index (χ0) is 12.8. The first-order valence-electron chi connectivity index (χ1n) is 5.95. The second kappa shape index (κ2) is 6.34. The predicted octanol–water partition coefficient (Wildman–Crippen LogP) is 0.288. The highest BCUT2D eigenvalue weighted by molar-refractivity contribution is 5.75. The van der Waals surface area contributed by atoms with Gasteiger partial charge in [-0.05, 0) is 12.3 Å². The van der Waals surface area contributed by atoms with Gasteiger partial charge in [-0.25, -0.2) is 4.68 Å². The molecule has 6 heteroatoms. The Hall–Kier alpha value is -1.43. The Labute approximate surface area is 102 Å². The summed E-state index contributed by atoms with van der Waals surface area (Å²) >= 11 is 0. The van der Waals surface area contributed by atoms with Gasteiger partial charge in [0.15, 0.2) is 0 Å². The van der Waals surface area contributed by atoms with Crippen LogP contribution in [0.2, 0.25) is 0 Å². The summed E-state index contributed by atoms with van der Waals surface area (Å²) in [7, 11) is 0. The van der Waals surface area contributed by atoms with Gasteiger partial charge in [0.2, 0.25) is 5.91 Å². The van der Waals surface area contributed by atoms with Crippen molar-refractivity contribution in [3.63, 3.8) is 0 Å². The topological polar surface area (TPSA) is 85.8 Å². The Morgan fingerprint density at radius 2 is 2.29 bits per heavy atom. The minimum absolute atomic E-state index is 0.0426. The van der Waals surface area contributed by atoms with Crippen molar-refractivity contribution in [2.24, 2.45) is 11.7 Å². The first kappa shape index (κ1) is 13.6. The van der Waals surface area contributed by atoms with E-state index in [-0.39, 0.29) is 18.5 Å². The van der Waals surface area contributed by atoms with Gasteiger partial charge >= 0.3 is 0 Å². The smallest absolute Gasteiger partial charge is 0.242 e. The Morgan fingerprint density at radius 3 is 2.76 bits per heavy atom. The van der Waals surface area contributed by atoms with Gasteiger partial charge in [0.1, 0.15) is 6.54 Å². The van der Waals surface area contributed by atoms with Crippen molar-refractivity contribution in [1.82, 2.24) is 20.3 Å². The summed E-state index contributed by atoms with van der Waals surface area (Å²) in [5, 5.41) is 10.6. The number of nitrogens with two attached hydrogens (primary N) is 1. The molecule has 6 nitrogen and oxygen atoms in total. The van der Waals surface area contributed by atoms with Crippen molar-refractivity contribution in [2.45, 2.75) is 46.3 Å². The van der Waals surface area contributed by atoms with Crippen LogP contribution in [0.25, 0.3) is 0 Å². The van der Waals surface area contributed by atoms with E-state index in [0.29, 0.717) is 18.2 Å². The molecular weight excluding hydrogens is 218 g/mol. The molecule has 0 aromatic carbocycles. The predicted molar refractivity (Wildman–Crippen MR) is 65.0 cm³/mol. The van der Waals surface area contributed by atoms with E-state index in [1.807, 2.05) is 0 Å². The normalized spacial score (nSPS) is 12.8. The highest BCUT2D eigenvalue weighted by Crippen LogP contribution is 2.05. The van der Waals surface area contributed by atoms with Crippen LogP contribution >= 0.6 is 0 Å². The summed E-state index contributed by atoms with van der Waals surface area (Å²) < 4.78 is 1.50. The first-order valence-corrected chi connectivity index (χ1v) is 5.95. The molecule has 0 aliphatic carbocycles. The molecule has 96 valence electrons. The van der Waals surface area contributed by atoms with Crippen molar-refractivity contribution in [1.29, 1.82) is 0 Å². The zero-order valence-corrected chi connectivity index (χ0v) is 10.7. The minimum Gasteiger partial charge on any atom is -0.352 e. The van der Waals surface area contributed by atoms with Crippen molar-refractivity contribution >= 4 is 5.91 Å². The number of nitrogens with one attached hydrogen (secondary N) is 1. The van der Waals surface area contributed by atoms with Crippen molar-refractivity contribution in [3.8, 4) is 0 Å². The molecule has 1 aromatic heterocycles. The molecule has 1 atom stereocenters. The Balaban J connectivity index is 2.48. The van der Waals surface area contributed by atoms with Crippen LogP contribution in [0.1, 0.15) is 32.9 Å². The van der Waals surface area contributed by atoms with Gasteiger partial charge in [0.25, 0.3) is 0 Å². The van der Waals surface area contributed by atoms with Crippen molar-refractivity contribution in [2.75, 3.05) is 0 Å². The lowest BCUT2D eigenvalue weighted by molar-refractivity contribution is -0.122. The van der Waals surface area contributed by atoms with Crippen molar-refractivity contribution < 1.29 is 4.79 Å². The van der Waals surface area contributed by atoms with Crippen LogP contribution in [0, 0.1) is 5.92 Å². The van der Waals surface area contributed by atoms with Gasteiger partial charge in [-0.1, -0.05) is 26.0 Å². The summed E-state index contributed by atoms with van der Waals surface area (Å²) in [5.74, 6) is 0.387. The van der Waals surface area contributed by atoms with Crippen LogP contribution in [0.3, 0.4) is 0 Å². The molecular formula is C11H21N5O. The van der Waals surface area contributed by atoms with E-state index in [1.165, 1.54) is 4.68 Å². The average molecular weight is 239 g/mol. The molecule has 0 fully saturated rings. The Kier molecular flexibility index (Phi) is 5.09. The fourth-order valence-corrected chi connectivity index (χ4v) is 1.65. The monoisotopic (exact) mass is 239 g/mol. The van der Waals surface area contributed by atoms with Gasteiger partial charge < -0.3 is 11.1 Å². The molecule has 1 rings (SSSR count). The van der Waals surface area contributed by atoms with Crippen molar-refractivity contribution in [3.05, 3.63) is 11.9 Å². The molecule has 3 N–H and O–H groups in total. The number of amides is 1. The molecule has 0 saturated carbocycles. The second-order valence-electron chi connectivity index (χ2n) is 4.44. The minimum atomic E-state index is -0.0426. The molecule has 0 saturated heterocycles. The van der Waals surface area contributed by atoms with E-state index in [2.05, 4.69) is 36.4 Å². The van der Waals surface area contributed by atoms with E-state index in [1.54, 1.807) is 6.20 Å². The zero-order valence-electron chi connectivity index (χ0n) is 10.7. The Morgan fingerprint density at radius 1 is 1.59 bits per heavy atom. The van der Waals surface area contributed by atoms with Gasteiger partial charge in [0.05, 0.1) is 11.9 Å². The maximum atomic E-state index is 11.8. The lowest BCUT2D eigenvalue weighted by Crippen LogP contribution is -2.39. The van der Waals surface area contributed by atoms with Gasteiger partial charge in [-0.15, -0.1) is 5.10 Å². The van der Waals surface area contributed by atoms with E-state index in [9.17, 15) is 4.79 Å². The summed E-state index contributed by atoms with van der Waals surface area (Å²) in [6, 6.07) is 0.208. The molecule has 0 spiro atoms. The van der Waals surface area contributed by atoms with Crippen LogP contribution in [0.15, 0.2) is 6.20 Å². The molecule has 1 heterocycles. The van der Waals surface area contributed by atoms with Gasteiger partial charge in [-0.3, -0.25) is 4.79 Å². The summed E-state index contributed by atoms with van der Waals surface area (Å²) in [6.07, 6.45) is 2.62. The number of carbonyl (C=O) groups excluding carboxylic acids is 1. The van der Waals surface area contributed by atoms with E-state index < -0.39 is 0 Å². The molecule has 0 bridgehead atoms. The maximum absolute atomic E-state index is 11.8. The number of carbonyl (C=O) groups is 1. The molecule has 1 unspecified atom stereocenters. The molecule has 17 heavy (non-hydrogen) atoms. The molecule has 1 amide bonds. The standard InChI is InChI=1S/C11H21N5O/c1-4-10(8(2)3)13-11(17)7-16-6-9(5-12)14-15-16/h6,8,10H,4-5,7,12H2,1-3H3,(H,13,17). The molecule has 0 radical (unpaired) electrons. The fourth-order valence-electron chi connectivity index (χ4n) is 1.65. The van der Waals surface area contributed by atoms with Crippen LogP contribution in [-0.2, 0) is 17.9 Å². The molecule has 1 aromatic rings. The van der Waals surface area contributed by atoms with Crippen LogP contribution in [0.5, 0.6) is 0 Å². The lowest BCUT2D eigenvalue weighted by atomic mass is 10.0. The SMILES string of the molecule is CCC(NC(=O)Cn1cc(CN)nn1)C(C)C. The van der Waals surface area contributed by atoms with E-state index in [4.69, 9.17) is 5.73 Å². The highest BCUT2D eigenvalue weighted by Gasteiger charge is 2.14. The Bertz CT molecular complexity index is 360. The van der Waals surface area contributed by atoms with Gasteiger partial charge in [-0.2, -0.15) is 0 Å². The summed E-state index contributed by atoms with van der Waals surface area (Å²) in [5.41, 5.74) is 6.11. The number of rotatable bonds is 6. The third kappa shape index (κ3) is 4.14.